The monoisotopic (exact) mass is 214 g/mol. The summed E-state index contributed by atoms with van der Waals surface area (Å²) in [6.45, 7) is 0. The Morgan fingerprint density at radius 3 is 1.43 bits per heavy atom. The highest BCUT2D eigenvalue weighted by molar-refractivity contribution is 6.08. The average Bonchev–Trinajstić information content (AvgIpc) is 2.11. The van der Waals surface area contributed by atoms with Crippen LogP contribution in [-0.2, 0) is 4.79 Å². The molecular formula is C7F6O. The fourth-order valence-corrected chi connectivity index (χ4v) is 0.777. The van der Waals surface area contributed by atoms with Crippen LogP contribution in [0.25, 0.3) is 0 Å². The Kier molecular flexibility index (Phi) is 2.50. The maximum atomic E-state index is 12.5. The van der Waals surface area contributed by atoms with E-state index in [1.807, 2.05) is 0 Å². The van der Waals surface area contributed by atoms with Crippen LogP contribution in [0.5, 0.6) is 0 Å². The standard InChI is InChI=1S/C7F6O/c8-2-1(7(12)13)3(9)5(11)6(14)4(2)10. The molecule has 0 bridgehead atoms. The molecule has 0 saturated carbocycles. The molecule has 14 heavy (non-hydrogen) atoms. The molecule has 0 spiro atoms. The third kappa shape index (κ3) is 1.34. The molecule has 1 nitrogen and oxygen atoms in total. The van der Waals surface area contributed by atoms with Crippen molar-refractivity contribution in [3.63, 3.8) is 0 Å². The number of allylic oxidation sites excluding steroid dienone is 5. The van der Waals surface area contributed by atoms with E-state index in [2.05, 4.69) is 0 Å². The second-order valence-corrected chi connectivity index (χ2v) is 2.22. The lowest BCUT2D eigenvalue weighted by Crippen LogP contribution is -2.11. The summed E-state index contributed by atoms with van der Waals surface area (Å²) in [7, 11) is 0. The number of carbonyl (C=O) groups is 1. The number of hydrogen-bond acceptors (Lipinski definition) is 1. The van der Waals surface area contributed by atoms with Crippen molar-refractivity contribution >= 4 is 5.78 Å². The first kappa shape index (κ1) is 10.6. The molecule has 1 rings (SSSR count). The summed E-state index contributed by atoms with van der Waals surface area (Å²) < 4.78 is 73.2. The van der Waals surface area contributed by atoms with Crippen LogP contribution < -0.4 is 0 Å². The Bertz CT molecular complexity index is 368. The summed E-state index contributed by atoms with van der Waals surface area (Å²) in [5.74, 6) is -11.7. The van der Waals surface area contributed by atoms with Gasteiger partial charge >= 0.3 is 0 Å². The lowest BCUT2D eigenvalue weighted by molar-refractivity contribution is -0.115. The van der Waals surface area contributed by atoms with Crippen molar-refractivity contribution in [2.45, 2.75) is 0 Å². The SMILES string of the molecule is O=C1C(F)=C(F)C(=C(F)F)C(F)=C1F. The minimum atomic E-state index is -2.95. The maximum Gasteiger partial charge on any atom is 0.283 e. The molecule has 7 heteroatoms. The Balaban J connectivity index is 3.50. The van der Waals surface area contributed by atoms with Crippen LogP contribution >= 0.6 is 0 Å². The molecule has 0 N–H and O–H groups in total. The van der Waals surface area contributed by atoms with Crippen LogP contribution in [0.3, 0.4) is 0 Å². The van der Waals surface area contributed by atoms with E-state index in [1.54, 1.807) is 0 Å². The Labute approximate surface area is 73.0 Å². The van der Waals surface area contributed by atoms with Crippen molar-refractivity contribution in [3.05, 3.63) is 35.0 Å². The van der Waals surface area contributed by atoms with Gasteiger partial charge in [0.15, 0.2) is 11.7 Å². The Hall–Kier alpha value is -1.53. The summed E-state index contributed by atoms with van der Waals surface area (Å²) in [5, 5.41) is 0. The third-order valence-corrected chi connectivity index (χ3v) is 1.41. The second kappa shape index (κ2) is 3.32. The van der Waals surface area contributed by atoms with Gasteiger partial charge in [0, 0.05) is 0 Å². The zero-order valence-corrected chi connectivity index (χ0v) is 6.18. The molecule has 0 fully saturated rings. The van der Waals surface area contributed by atoms with Gasteiger partial charge in [-0.05, 0) is 0 Å². The van der Waals surface area contributed by atoms with Crippen molar-refractivity contribution in [1.82, 2.24) is 0 Å². The number of halogens is 6. The summed E-state index contributed by atoms with van der Waals surface area (Å²) in [6, 6.07) is 0. The highest BCUT2D eigenvalue weighted by Crippen LogP contribution is 2.37. The van der Waals surface area contributed by atoms with Crippen LogP contribution in [0.15, 0.2) is 35.0 Å². The van der Waals surface area contributed by atoms with Gasteiger partial charge in [-0.15, -0.1) is 0 Å². The second-order valence-electron chi connectivity index (χ2n) is 2.22. The molecule has 0 aromatic carbocycles. The highest BCUT2D eigenvalue weighted by atomic mass is 19.3. The van der Waals surface area contributed by atoms with Crippen molar-refractivity contribution in [1.29, 1.82) is 0 Å². The molecule has 0 unspecified atom stereocenters. The van der Waals surface area contributed by atoms with Gasteiger partial charge < -0.3 is 0 Å². The molecule has 0 saturated heterocycles. The number of rotatable bonds is 0. The van der Waals surface area contributed by atoms with Crippen molar-refractivity contribution in [2.75, 3.05) is 0 Å². The third-order valence-electron chi connectivity index (χ3n) is 1.41. The summed E-state index contributed by atoms with van der Waals surface area (Å²) in [6.07, 6.45) is -2.95. The van der Waals surface area contributed by atoms with E-state index in [9.17, 15) is 31.1 Å². The van der Waals surface area contributed by atoms with E-state index in [0.29, 0.717) is 0 Å². The normalized spacial score (nSPS) is 18.1. The minimum Gasteiger partial charge on any atom is -0.283 e. The summed E-state index contributed by atoms with van der Waals surface area (Å²) in [4.78, 5) is 10.3. The van der Waals surface area contributed by atoms with Crippen LogP contribution in [0, 0.1) is 0 Å². The van der Waals surface area contributed by atoms with E-state index in [1.165, 1.54) is 0 Å². The highest BCUT2D eigenvalue weighted by Gasteiger charge is 2.36. The van der Waals surface area contributed by atoms with Crippen molar-refractivity contribution in [3.8, 4) is 0 Å². The van der Waals surface area contributed by atoms with Gasteiger partial charge in [-0.25, -0.2) is 8.78 Å². The molecule has 76 valence electrons. The molecule has 0 aromatic heterocycles. The first-order valence-electron chi connectivity index (χ1n) is 3.09. The zero-order valence-electron chi connectivity index (χ0n) is 6.18. The largest absolute Gasteiger partial charge is 0.283 e. The number of hydrogen-bond donors (Lipinski definition) is 0. The smallest absolute Gasteiger partial charge is 0.283 e. The maximum absolute atomic E-state index is 12.5. The zero-order chi connectivity index (χ0) is 11.0. The summed E-state index contributed by atoms with van der Waals surface area (Å²) in [5.41, 5.74) is -2.15. The molecule has 0 radical (unpaired) electrons. The topological polar surface area (TPSA) is 17.1 Å². The van der Waals surface area contributed by atoms with Crippen molar-refractivity contribution < 1.29 is 31.1 Å². The van der Waals surface area contributed by atoms with Gasteiger partial charge in [-0.3, -0.25) is 4.79 Å². The van der Waals surface area contributed by atoms with Gasteiger partial charge in [0.25, 0.3) is 11.9 Å². The number of Topliss-reactive ketones (excluding diaryl/α,β-unsaturated/α-hetero) is 1. The summed E-state index contributed by atoms with van der Waals surface area (Å²) >= 11 is 0. The molecule has 0 amide bonds. The lowest BCUT2D eigenvalue weighted by Gasteiger charge is -2.08. The Morgan fingerprint density at radius 1 is 0.786 bits per heavy atom. The lowest BCUT2D eigenvalue weighted by atomic mass is 10.1. The van der Waals surface area contributed by atoms with Crippen LogP contribution in [0.4, 0.5) is 26.3 Å². The van der Waals surface area contributed by atoms with E-state index in [0.717, 1.165) is 0 Å². The van der Waals surface area contributed by atoms with Gasteiger partial charge in [-0.1, -0.05) is 0 Å². The van der Waals surface area contributed by atoms with Crippen LogP contribution in [0.2, 0.25) is 0 Å². The van der Waals surface area contributed by atoms with E-state index >= 15 is 0 Å². The molecule has 0 aromatic rings. The van der Waals surface area contributed by atoms with E-state index < -0.39 is 40.7 Å². The quantitative estimate of drug-likeness (QED) is 0.566. The van der Waals surface area contributed by atoms with Gasteiger partial charge in [0.2, 0.25) is 11.7 Å². The van der Waals surface area contributed by atoms with Gasteiger partial charge in [0.05, 0.1) is 0 Å². The van der Waals surface area contributed by atoms with E-state index in [-0.39, 0.29) is 0 Å². The molecule has 1 aliphatic rings. The van der Waals surface area contributed by atoms with Crippen LogP contribution in [0.1, 0.15) is 0 Å². The fourth-order valence-electron chi connectivity index (χ4n) is 0.777. The van der Waals surface area contributed by atoms with Gasteiger partial charge in [-0.2, -0.15) is 17.6 Å². The van der Waals surface area contributed by atoms with Gasteiger partial charge in [0.1, 0.15) is 5.57 Å². The predicted octanol–water partition coefficient (Wildman–Crippen LogP) is 3.02. The molecule has 0 aliphatic heterocycles. The fraction of sp³-hybridized carbons (Fsp3) is 0. The minimum absolute atomic E-state index is 2.15. The average molecular weight is 214 g/mol. The van der Waals surface area contributed by atoms with Crippen molar-refractivity contribution in [2.24, 2.45) is 0 Å². The molecule has 0 atom stereocenters. The first-order chi connectivity index (χ1) is 6.37. The predicted molar refractivity (Wildman–Crippen MR) is 32.7 cm³/mol. The van der Waals surface area contributed by atoms with Crippen LogP contribution in [-0.4, -0.2) is 5.78 Å². The number of ketones is 1. The molecular weight excluding hydrogens is 214 g/mol. The van der Waals surface area contributed by atoms with E-state index in [4.69, 9.17) is 0 Å². The molecule has 1 aliphatic carbocycles. The first-order valence-corrected chi connectivity index (χ1v) is 3.09. The number of carbonyl (C=O) groups excluding carboxylic acids is 1. The Morgan fingerprint density at radius 2 is 1.14 bits per heavy atom. The molecule has 0 heterocycles.